The van der Waals surface area contributed by atoms with Crippen molar-refractivity contribution < 1.29 is 4.79 Å². The molecule has 1 N–H and O–H groups in total. The van der Waals surface area contributed by atoms with Crippen molar-refractivity contribution in [3.8, 4) is 0 Å². The van der Waals surface area contributed by atoms with Gasteiger partial charge in [0.1, 0.15) is 0 Å². The smallest absolute Gasteiger partial charge is 0.276 e. The van der Waals surface area contributed by atoms with Crippen LogP contribution in [0.3, 0.4) is 0 Å². The van der Waals surface area contributed by atoms with Gasteiger partial charge in [0.15, 0.2) is 5.69 Å². The Morgan fingerprint density at radius 3 is 2.67 bits per heavy atom. The molecule has 1 aromatic carbocycles. The van der Waals surface area contributed by atoms with Gasteiger partial charge in [0.25, 0.3) is 5.91 Å². The molecule has 24 heavy (non-hydrogen) atoms. The number of amides is 1. The maximum atomic E-state index is 12.9. The minimum Gasteiger partial charge on any atom is -0.330 e. The van der Waals surface area contributed by atoms with E-state index in [4.69, 9.17) is 0 Å². The van der Waals surface area contributed by atoms with Crippen molar-refractivity contribution in [1.82, 2.24) is 25.2 Å². The van der Waals surface area contributed by atoms with Crippen molar-refractivity contribution in [1.29, 1.82) is 0 Å². The maximum Gasteiger partial charge on any atom is 0.276 e. The summed E-state index contributed by atoms with van der Waals surface area (Å²) < 4.78 is 1.86. The highest BCUT2D eigenvalue weighted by Gasteiger charge is 2.24. The van der Waals surface area contributed by atoms with Gasteiger partial charge >= 0.3 is 0 Å². The number of piperidine rings is 1. The third-order valence-electron chi connectivity index (χ3n) is 4.49. The zero-order valence-corrected chi connectivity index (χ0v) is 14.4. The van der Waals surface area contributed by atoms with Crippen molar-refractivity contribution in [2.75, 3.05) is 13.1 Å². The predicted octanol–water partition coefficient (Wildman–Crippen LogP) is 2.25. The van der Waals surface area contributed by atoms with E-state index in [9.17, 15) is 4.79 Å². The maximum absolute atomic E-state index is 12.9. The quantitative estimate of drug-likeness (QED) is 0.915. The first-order chi connectivity index (χ1) is 11.6. The zero-order valence-electron chi connectivity index (χ0n) is 14.4. The molecule has 0 unspecified atom stereocenters. The van der Waals surface area contributed by atoms with Gasteiger partial charge in [0.05, 0.1) is 12.2 Å². The van der Waals surface area contributed by atoms with Gasteiger partial charge in [-0.15, -0.1) is 5.10 Å². The Kier molecular flexibility index (Phi) is 5.25. The van der Waals surface area contributed by atoms with Gasteiger partial charge in [0, 0.05) is 12.6 Å². The fourth-order valence-electron chi connectivity index (χ4n) is 3.04. The van der Waals surface area contributed by atoms with Crippen LogP contribution in [-0.4, -0.2) is 44.9 Å². The van der Waals surface area contributed by atoms with Crippen molar-refractivity contribution >= 4 is 5.91 Å². The molecule has 0 saturated carbocycles. The van der Waals surface area contributed by atoms with Crippen LogP contribution in [-0.2, 0) is 6.54 Å². The largest absolute Gasteiger partial charge is 0.330 e. The van der Waals surface area contributed by atoms with Crippen LogP contribution in [0.5, 0.6) is 0 Å². The van der Waals surface area contributed by atoms with Crippen LogP contribution in [0.2, 0.25) is 0 Å². The molecule has 0 atom stereocenters. The average Bonchev–Trinajstić information content (AvgIpc) is 3.11. The number of hydrogen-bond acceptors (Lipinski definition) is 4. The average molecular weight is 327 g/mol. The number of carbonyl (C=O) groups excluding carboxylic acids is 1. The second kappa shape index (κ2) is 7.57. The summed E-state index contributed by atoms with van der Waals surface area (Å²) in [6, 6.07) is 10.5. The lowest BCUT2D eigenvalue weighted by Crippen LogP contribution is -2.36. The summed E-state index contributed by atoms with van der Waals surface area (Å²) in [7, 11) is 0. The number of hydrogen-bond donors (Lipinski definition) is 1. The van der Waals surface area contributed by atoms with Gasteiger partial charge < -0.3 is 10.2 Å². The molecule has 1 amide bonds. The third-order valence-corrected chi connectivity index (χ3v) is 4.49. The van der Waals surface area contributed by atoms with E-state index in [1.165, 1.54) is 0 Å². The molecule has 0 aliphatic carbocycles. The third kappa shape index (κ3) is 3.82. The lowest BCUT2D eigenvalue weighted by molar-refractivity contribution is 0.0684. The Balaban J connectivity index is 1.74. The molecule has 1 aliphatic heterocycles. The van der Waals surface area contributed by atoms with Gasteiger partial charge in [0.2, 0.25) is 0 Å². The first-order valence-electron chi connectivity index (χ1n) is 8.62. The Morgan fingerprint density at radius 1 is 1.29 bits per heavy atom. The van der Waals surface area contributed by atoms with Crippen LogP contribution in [0, 0.1) is 0 Å². The highest BCUT2D eigenvalue weighted by Crippen LogP contribution is 2.18. The van der Waals surface area contributed by atoms with Gasteiger partial charge in [-0.1, -0.05) is 35.5 Å². The number of rotatable bonds is 5. The summed E-state index contributed by atoms with van der Waals surface area (Å²) in [5, 5.41) is 11.7. The summed E-state index contributed by atoms with van der Waals surface area (Å²) in [6.45, 7) is 6.60. The Hall–Kier alpha value is -2.21. The minimum absolute atomic E-state index is 0.0611. The highest BCUT2D eigenvalue weighted by atomic mass is 16.2. The molecule has 6 nitrogen and oxygen atoms in total. The molecular weight excluding hydrogens is 302 g/mol. The number of aromatic nitrogens is 3. The van der Waals surface area contributed by atoms with E-state index in [1.807, 2.05) is 53.8 Å². The Morgan fingerprint density at radius 2 is 2.00 bits per heavy atom. The van der Waals surface area contributed by atoms with Crippen LogP contribution < -0.4 is 5.32 Å². The number of nitrogens with one attached hydrogen (secondary N) is 1. The van der Waals surface area contributed by atoms with Gasteiger partial charge in [-0.2, -0.15) is 0 Å². The molecule has 1 aliphatic rings. The first kappa shape index (κ1) is 16.6. The molecule has 2 aromatic rings. The van der Waals surface area contributed by atoms with E-state index in [2.05, 4.69) is 15.6 Å². The highest BCUT2D eigenvalue weighted by molar-refractivity contribution is 5.92. The van der Waals surface area contributed by atoms with E-state index in [0.29, 0.717) is 18.3 Å². The van der Waals surface area contributed by atoms with E-state index in [0.717, 1.165) is 31.5 Å². The Labute approximate surface area is 142 Å². The summed E-state index contributed by atoms with van der Waals surface area (Å²) in [4.78, 5) is 14.7. The zero-order chi connectivity index (χ0) is 16.9. The van der Waals surface area contributed by atoms with Gasteiger partial charge in [-0.05, 0) is 45.3 Å². The van der Waals surface area contributed by atoms with Crippen molar-refractivity contribution in [3.63, 3.8) is 0 Å². The molecule has 1 fully saturated rings. The standard InChI is InChI=1S/C18H25N5O/c1-14(2)22(12-15-6-4-3-5-7-15)18(24)17-13-23(21-20-17)16-8-10-19-11-9-16/h3-7,13-14,16,19H,8-12H2,1-2H3. The Bertz CT molecular complexity index is 661. The molecule has 3 rings (SSSR count). The normalized spacial score (nSPS) is 15.6. The monoisotopic (exact) mass is 327 g/mol. The molecular formula is C18H25N5O. The summed E-state index contributed by atoms with van der Waals surface area (Å²) >= 11 is 0. The van der Waals surface area contributed by atoms with Crippen molar-refractivity contribution in [2.45, 2.75) is 45.3 Å². The fourth-order valence-corrected chi connectivity index (χ4v) is 3.04. The van der Waals surface area contributed by atoms with E-state index in [-0.39, 0.29) is 11.9 Å². The number of benzene rings is 1. The van der Waals surface area contributed by atoms with Crippen molar-refractivity contribution in [3.05, 3.63) is 47.8 Å². The number of nitrogens with zero attached hydrogens (tertiary/aromatic N) is 4. The van der Waals surface area contributed by atoms with E-state index in [1.54, 1.807) is 6.20 Å². The predicted molar refractivity (Wildman–Crippen MR) is 92.6 cm³/mol. The van der Waals surface area contributed by atoms with Crippen LogP contribution >= 0.6 is 0 Å². The van der Waals surface area contributed by atoms with Crippen LogP contribution in [0.25, 0.3) is 0 Å². The van der Waals surface area contributed by atoms with E-state index >= 15 is 0 Å². The SMILES string of the molecule is CC(C)N(Cc1ccccc1)C(=O)c1cn(C2CCNCC2)nn1. The molecule has 128 valence electrons. The van der Waals surface area contributed by atoms with Gasteiger partial charge in [-0.25, -0.2) is 4.68 Å². The molecule has 1 aromatic heterocycles. The molecule has 0 bridgehead atoms. The van der Waals surface area contributed by atoms with Crippen LogP contribution in [0.1, 0.15) is 48.8 Å². The van der Waals surface area contributed by atoms with Crippen LogP contribution in [0.15, 0.2) is 36.5 Å². The molecule has 0 spiro atoms. The molecule has 6 heteroatoms. The van der Waals surface area contributed by atoms with Crippen molar-refractivity contribution in [2.24, 2.45) is 0 Å². The number of carbonyl (C=O) groups is 1. The molecule has 0 radical (unpaired) electrons. The summed E-state index contributed by atoms with van der Waals surface area (Å²) in [6.07, 6.45) is 3.85. The topological polar surface area (TPSA) is 63.1 Å². The second-order valence-corrected chi connectivity index (χ2v) is 6.58. The minimum atomic E-state index is -0.0611. The summed E-state index contributed by atoms with van der Waals surface area (Å²) in [5.41, 5.74) is 1.54. The molecule has 2 heterocycles. The molecule has 1 saturated heterocycles. The van der Waals surface area contributed by atoms with Crippen LogP contribution in [0.4, 0.5) is 0 Å². The second-order valence-electron chi connectivity index (χ2n) is 6.58. The lowest BCUT2D eigenvalue weighted by Gasteiger charge is -2.26. The fraction of sp³-hybridized carbons (Fsp3) is 0.500. The first-order valence-corrected chi connectivity index (χ1v) is 8.62. The summed E-state index contributed by atoms with van der Waals surface area (Å²) in [5.74, 6) is -0.0611. The van der Waals surface area contributed by atoms with Gasteiger partial charge in [-0.3, -0.25) is 4.79 Å². The lowest BCUT2D eigenvalue weighted by atomic mass is 10.1. The van der Waals surface area contributed by atoms with E-state index < -0.39 is 0 Å².